The lowest BCUT2D eigenvalue weighted by Crippen LogP contribution is -2.33. The normalized spacial score (nSPS) is 20.8. The van der Waals surface area contributed by atoms with E-state index < -0.39 is 5.60 Å². The third kappa shape index (κ3) is 3.81. The second-order valence-electron chi connectivity index (χ2n) is 6.69. The highest BCUT2D eigenvalue weighted by Crippen LogP contribution is 2.30. The molecule has 1 N–H and O–H groups in total. The third-order valence-corrected chi connectivity index (χ3v) is 4.52. The lowest BCUT2D eigenvalue weighted by Gasteiger charge is -2.21. The SMILES string of the molecule is CC(C)n1cc([C@@]2(O)CCN(CCOc3ccccc3C#N)C2)nn1. The summed E-state index contributed by atoms with van der Waals surface area (Å²) in [4.78, 5) is 2.14. The summed E-state index contributed by atoms with van der Waals surface area (Å²) in [5, 5.41) is 28.2. The van der Waals surface area contributed by atoms with Crippen LogP contribution in [0.3, 0.4) is 0 Å². The van der Waals surface area contributed by atoms with Gasteiger partial charge < -0.3 is 9.84 Å². The molecule has 132 valence electrons. The Morgan fingerprint density at radius 2 is 2.20 bits per heavy atom. The van der Waals surface area contributed by atoms with Crippen LogP contribution < -0.4 is 4.74 Å². The molecule has 2 aromatic rings. The van der Waals surface area contributed by atoms with Crippen LogP contribution in [0.4, 0.5) is 0 Å². The molecular formula is C18H23N5O2. The van der Waals surface area contributed by atoms with Crippen molar-refractivity contribution in [1.29, 1.82) is 5.26 Å². The second kappa shape index (κ2) is 7.21. The maximum absolute atomic E-state index is 10.9. The van der Waals surface area contributed by atoms with Gasteiger partial charge in [-0.25, -0.2) is 4.68 Å². The Labute approximate surface area is 147 Å². The van der Waals surface area contributed by atoms with Crippen LogP contribution in [0.2, 0.25) is 0 Å². The quantitative estimate of drug-likeness (QED) is 0.860. The van der Waals surface area contributed by atoms with E-state index in [0.717, 1.165) is 6.54 Å². The van der Waals surface area contributed by atoms with E-state index in [1.54, 1.807) is 16.8 Å². The van der Waals surface area contributed by atoms with Gasteiger partial charge in [0.1, 0.15) is 29.7 Å². The first-order valence-corrected chi connectivity index (χ1v) is 8.51. The first-order valence-electron chi connectivity index (χ1n) is 8.51. The number of nitriles is 1. The second-order valence-corrected chi connectivity index (χ2v) is 6.69. The van der Waals surface area contributed by atoms with E-state index in [4.69, 9.17) is 10.00 Å². The van der Waals surface area contributed by atoms with Crippen molar-refractivity contribution in [2.45, 2.75) is 31.9 Å². The summed E-state index contributed by atoms with van der Waals surface area (Å²) in [5.74, 6) is 0.597. The molecule has 7 nitrogen and oxygen atoms in total. The molecule has 1 aromatic carbocycles. The minimum Gasteiger partial charge on any atom is -0.491 e. The van der Waals surface area contributed by atoms with E-state index in [1.807, 2.05) is 32.2 Å². The molecule has 3 rings (SSSR count). The van der Waals surface area contributed by atoms with Gasteiger partial charge in [0.25, 0.3) is 0 Å². The van der Waals surface area contributed by atoms with Gasteiger partial charge in [0, 0.05) is 25.7 Å². The number of benzene rings is 1. The summed E-state index contributed by atoms with van der Waals surface area (Å²) in [7, 11) is 0. The molecule has 1 saturated heterocycles. The van der Waals surface area contributed by atoms with Gasteiger partial charge in [-0.05, 0) is 32.4 Å². The highest BCUT2D eigenvalue weighted by atomic mass is 16.5. The molecule has 1 aliphatic heterocycles. The van der Waals surface area contributed by atoms with Crippen molar-refractivity contribution in [3.8, 4) is 11.8 Å². The van der Waals surface area contributed by atoms with Crippen molar-refractivity contribution in [2.75, 3.05) is 26.2 Å². The highest BCUT2D eigenvalue weighted by molar-refractivity contribution is 5.42. The van der Waals surface area contributed by atoms with E-state index in [9.17, 15) is 5.11 Å². The average molecular weight is 341 g/mol. The first kappa shape index (κ1) is 17.4. The zero-order valence-electron chi connectivity index (χ0n) is 14.6. The van der Waals surface area contributed by atoms with E-state index in [-0.39, 0.29) is 6.04 Å². The summed E-state index contributed by atoms with van der Waals surface area (Å²) < 4.78 is 7.48. The summed E-state index contributed by atoms with van der Waals surface area (Å²) >= 11 is 0. The lowest BCUT2D eigenvalue weighted by molar-refractivity contribution is 0.0403. The van der Waals surface area contributed by atoms with Gasteiger partial charge in [-0.15, -0.1) is 5.10 Å². The number of para-hydroxylation sites is 1. The minimum atomic E-state index is -0.961. The Kier molecular flexibility index (Phi) is 5.02. The fourth-order valence-corrected chi connectivity index (χ4v) is 2.98. The molecule has 0 amide bonds. The molecule has 2 heterocycles. The summed E-state index contributed by atoms with van der Waals surface area (Å²) in [6.45, 7) is 6.48. The van der Waals surface area contributed by atoms with Gasteiger partial charge in [-0.3, -0.25) is 4.90 Å². The summed E-state index contributed by atoms with van der Waals surface area (Å²) in [5.41, 5.74) is 0.197. The number of aliphatic hydroxyl groups is 1. The van der Waals surface area contributed by atoms with Crippen LogP contribution in [0, 0.1) is 11.3 Å². The fourth-order valence-electron chi connectivity index (χ4n) is 2.98. The van der Waals surface area contributed by atoms with Crippen molar-refractivity contribution in [2.24, 2.45) is 0 Å². The van der Waals surface area contributed by atoms with Crippen molar-refractivity contribution >= 4 is 0 Å². The molecule has 0 unspecified atom stereocenters. The average Bonchev–Trinajstić information content (AvgIpc) is 3.24. The molecule has 0 spiro atoms. The topological polar surface area (TPSA) is 87.2 Å². The Morgan fingerprint density at radius 1 is 1.40 bits per heavy atom. The van der Waals surface area contributed by atoms with Crippen LogP contribution in [0.25, 0.3) is 0 Å². The standard InChI is InChI=1S/C18H23N5O2/c1-14(2)23-12-17(20-21-23)18(24)7-8-22(13-18)9-10-25-16-6-4-3-5-15(16)11-19/h3-6,12,14,24H,7-10,13H2,1-2H3/t18-/m1/s1. The molecule has 25 heavy (non-hydrogen) atoms. The number of rotatable bonds is 6. The smallest absolute Gasteiger partial charge is 0.137 e. The van der Waals surface area contributed by atoms with Crippen LogP contribution in [0.15, 0.2) is 30.5 Å². The van der Waals surface area contributed by atoms with E-state index in [1.165, 1.54) is 0 Å². The van der Waals surface area contributed by atoms with Gasteiger partial charge in [0.2, 0.25) is 0 Å². The van der Waals surface area contributed by atoms with Crippen molar-refractivity contribution in [1.82, 2.24) is 19.9 Å². The van der Waals surface area contributed by atoms with Crippen molar-refractivity contribution < 1.29 is 9.84 Å². The number of ether oxygens (including phenoxy) is 1. The number of aromatic nitrogens is 3. The number of β-amino-alcohol motifs (C(OH)–C–C–N with tert-alkyl or cyclic N) is 1. The maximum atomic E-state index is 10.9. The molecule has 1 aromatic heterocycles. The van der Waals surface area contributed by atoms with Crippen LogP contribution in [0.1, 0.15) is 37.6 Å². The molecule has 0 saturated carbocycles. The molecule has 1 fully saturated rings. The van der Waals surface area contributed by atoms with E-state index in [2.05, 4.69) is 21.3 Å². The molecule has 7 heteroatoms. The van der Waals surface area contributed by atoms with Gasteiger partial charge in [-0.2, -0.15) is 5.26 Å². The molecule has 1 atom stereocenters. The molecular weight excluding hydrogens is 318 g/mol. The lowest BCUT2D eigenvalue weighted by atomic mass is 10.00. The Morgan fingerprint density at radius 3 is 2.92 bits per heavy atom. The minimum absolute atomic E-state index is 0.218. The Hall–Kier alpha value is -2.43. The monoisotopic (exact) mass is 341 g/mol. The van der Waals surface area contributed by atoms with Gasteiger partial charge >= 0.3 is 0 Å². The Bertz CT molecular complexity index is 767. The van der Waals surface area contributed by atoms with E-state index in [0.29, 0.717) is 43.1 Å². The van der Waals surface area contributed by atoms with Crippen LogP contribution in [0.5, 0.6) is 5.75 Å². The van der Waals surface area contributed by atoms with Gasteiger partial charge in [0.05, 0.1) is 11.8 Å². The predicted octanol–water partition coefficient (Wildman–Crippen LogP) is 1.70. The van der Waals surface area contributed by atoms with Crippen LogP contribution in [-0.4, -0.2) is 51.2 Å². The third-order valence-electron chi connectivity index (χ3n) is 4.52. The van der Waals surface area contributed by atoms with Crippen LogP contribution >= 0.6 is 0 Å². The highest BCUT2D eigenvalue weighted by Gasteiger charge is 2.40. The first-order chi connectivity index (χ1) is 12.0. The number of hydrogen-bond donors (Lipinski definition) is 1. The van der Waals surface area contributed by atoms with E-state index >= 15 is 0 Å². The van der Waals surface area contributed by atoms with Crippen molar-refractivity contribution in [3.05, 3.63) is 41.7 Å². The number of hydrogen-bond acceptors (Lipinski definition) is 6. The zero-order valence-corrected chi connectivity index (χ0v) is 14.6. The Balaban J connectivity index is 1.55. The van der Waals surface area contributed by atoms with Gasteiger partial charge in [-0.1, -0.05) is 17.3 Å². The fraction of sp³-hybridized carbons (Fsp3) is 0.500. The van der Waals surface area contributed by atoms with Crippen LogP contribution in [-0.2, 0) is 5.60 Å². The number of likely N-dealkylation sites (tertiary alicyclic amines) is 1. The molecule has 0 radical (unpaired) electrons. The summed E-state index contributed by atoms with van der Waals surface area (Å²) in [6.07, 6.45) is 2.45. The van der Waals surface area contributed by atoms with Crippen molar-refractivity contribution in [3.63, 3.8) is 0 Å². The maximum Gasteiger partial charge on any atom is 0.137 e. The molecule has 0 bridgehead atoms. The van der Waals surface area contributed by atoms with Gasteiger partial charge in [0.15, 0.2) is 0 Å². The number of nitrogens with zero attached hydrogens (tertiary/aromatic N) is 5. The molecule has 1 aliphatic rings. The zero-order chi connectivity index (χ0) is 17.9. The predicted molar refractivity (Wildman–Crippen MR) is 92.0 cm³/mol. The largest absolute Gasteiger partial charge is 0.491 e. The molecule has 0 aliphatic carbocycles. The summed E-state index contributed by atoms with van der Waals surface area (Å²) in [6, 6.07) is 9.54.